The van der Waals surface area contributed by atoms with Crippen LogP contribution in [0.25, 0.3) is 0 Å². The Morgan fingerprint density at radius 3 is 2.85 bits per heavy atom. The van der Waals surface area contributed by atoms with E-state index in [2.05, 4.69) is 11.5 Å². The zero-order valence-corrected chi connectivity index (χ0v) is 8.93. The average molecular weight is 197 g/mol. The maximum Gasteiger partial charge on any atom is 0.0618 e. The molecule has 1 atom stereocenters. The van der Waals surface area contributed by atoms with Gasteiger partial charge in [0.2, 0.25) is 0 Å². The molecule has 3 heteroatoms. The lowest BCUT2D eigenvalue weighted by Crippen LogP contribution is -2.29. The maximum absolute atomic E-state index is 11.6. The Morgan fingerprint density at radius 2 is 2.31 bits per heavy atom. The van der Waals surface area contributed by atoms with Crippen molar-refractivity contribution in [1.82, 2.24) is 4.90 Å². The molecular weight excluding hydrogens is 182 g/mol. The van der Waals surface area contributed by atoms with E-state index in [1.54, 1.807) is 6.08 Å². The molecule has 1 unspecified atom stereocenters. The van der Waals surface area contributed by atoms with Crippen molar-refractivity contribution in [2.45, 2.75) is 6.92 Å². The summed E-state index contributed by atoms with van der Waals surface area (Å²) in [6, 6.07) is 0. The number of rotatable bonds is 2. The highest BCUT2D eigenvalue weighted by atomic mass is 32.2. The van der Waals surface area contributed by atoms with Gasteiger partial charge in [-0.2, -0.15) is 0 Å². The smallest absolute Gasteiger partial charge is 0.0618 e. The van der Waals surface area contributed by atoms with Crippen LogP contribution in [-0.4, -0.2) is 28.5 Å². The lowest BCUT2D eigenvalue weighted by atomic mass is 10.3. The summed E-state index contributed by atoms with van der Waals surface area (Å²) in [6.07, 6.45) is 5.59. The van der Waals surface area contributed by atoms with Gasteiger partial charge in [0.25, 0.3) is 0 Å². The summed E-state index contributed by atoms with van der Waals surface area (Å²) in [5.41, 5.74) is 0.989. The highest BCUT2D eigenvalue weighted by Crippen LogP contribution is 2.20. The summed E-state index contributed by atoms with van der Waals surface area (Å²) in [4.78, 5) is 2.98. The van der Waals surface area contributed by atoms with Gasteiger partial charge in [-0.05, 0) is 19.1 Å². The third kappa shape index (κ3) is 2.10. The molecule has 1 aliphatic heterocycles. The van der Waals surface area contributed by atoms with Crippen molar-refractivity contribution in [2.24, 2.45) is 0 Å². The molecular formula is C10H15NOS. The summed E-state index contributed by atoms with van der Waals surface area (Å²) in [5.74, 6) is 0.716. The van der Waals surface area contributed by atoms with E-state index in [0.717, 1.165) is 17.1 Å². The van der Waals surface area contributed by atoms with E-state index < -0.39 is 10.8 Å². The zero-order valence-electron chi connectivity index (χ0n) is 8.12. The van der Waals surface area contributed by atoms with Gasteiger partial charge in [0, 0.05) is 19.3 Å². The maximum atomic E-state index is 11.6. The molecule has 0 aromatic heterocycles. The Kier molecular flexibility index (Phi) is 3.48. The fourth-order valence-corrected chi connectivity index (χ4v) is 2.74. The van der Waals surface area contributed by atoms with Crippen molar-refractivity contribution in [3.05, 3.63) is 35.4 Å². The molecule has 2 nitrogen and oxygen atoms in total. The van der Waals surface area contributed by atoms with Crippen molar-refractivity contribution in [3.63, 3.8) is 0 Å². The van der Waals surface area contributed by atoms with Crippen LogP contribution in [0.4, 0.5) is 0 Å². The summed E-state index contributed by atoms with van der Waals surface area (Å²) in [6.45, 7) is 6.51. The molecule has 0 spiro atoms. The van der Waals surface area contributed by atoms with Gasteiger partial charge in [-0.25, -0.2) is 0 Å². The molecule has 1 aliphatic rings. The van der Waals surface area contributed by atoms with Crippen molar-refractivity contribution < 1.29 is 4.21 Å². The van der Waals surface area contributed by atoms with Gasteiger partial charge in [0.15, 0.2) is 0 Å². The Balaban J connectivity index is 3.14. The molecule has 72 valence electrons. The van der Waals surface area contributed by atoms with Crippen LogP contribution in [-0.2, 0) is 10.8 Å². The number of allylic oxidation sites excluding steroid dienone is 3. The zero-order chi connectivity index (χ0) is 9.84. The van der Waals surface area contributed by atoms with Crippen molar-refractivity contribution in [1.29, 1.82) is 0 Å². The first-order valence-electron chi connectivity index (χ1n) is 4.29. The summed E-state index contributed by atoms with van der Waals surface area (Å²) in [7, 11) is 1.15. The van der Waals surface area contributed by atoms with Gasteiger partial charge in [0.05, 0.1) is 21.4 Å². The van der Waals surface area contributed by atoms with Gasteiger partial charge in [-0.15, -0.1) is 0 Å². The predicted octanol–water partition coefficient (Wildman–Crippen LogP) is 1.65. The highest BCUT2D eigenvalue weighted by molar-refractivity contribution is 7.89. The minimum absolute atomic E-state index is 0.716. The highest BCUT2D eigenvalue weighted by Gasteiger charge is 2.18. The molecule has 13 heavy (non-hydrogen) atoms. The minimum Gasteiger partial charge on any atom is -0.373 e. The number of likely N-dealkylation sites (N-methyl/N-ethyl adjacent to an activating group) is 1. The number of hydrogen-bond donors (Lipinski definition) is 0. The number of nitrogens with zero attached hydrogens (tertiary/aromatic N) is 1. The molecule has 0 aromatic carbocycles. The van der Waals surface area contributed by atoms with E-state index >= 15 is 0 Å². The van der Waals surface area contributed by atoms with Crippen LogP contribution in [0.3, 0.4) is 0 Å². The second kappa shape index (κ2) is 4.42. The molecule has 0 aromatic rings. The van der Waals surface area contributed by atoms with E-state index in [1.807, 2.05) is 26.1 Å². The van der Waals surface area contributed by atoms with Crippen molar-refractivity contribution >= 4 is 10.8 Å². The van der Waals surface area contributed by atoms with Crippen LogP contribution in [0, 0.1) is 0 Å². The molecule has 0 fully saturated rings. The molecule has 1 rings (SSSR count). The summed E-state index contributed by atoms with van der Waals surface area (Å²) < 4.78 is 11.6. The van der Waals surface area contributed by atoms with Gasteiger partial charge in [-0.1, -0.05) is 12.7 Å². The van der Waals surface area contributed by atoms with Crippen molar-refractivity contribution in [3.8, 4) is 0 Å². The molecule has 0 bridgehead atoms. The number of hydrogen-bond acceptors (Lipinski definition) is 2. The van der Waals surface area contributed by atoms with Crippen LogP contribution in [0.15, 0.2) is 35.4 Å². The van der Waals surface area contributed by atoms with Gasteiger partial charge < -0.3 is 4.90 Å². The van der Waals surface area contributed by atoms with Crippen LogP contribution in [0.5, 0.6) is 0 Å². The lowest BCUT2D eigenvalue weighted by Gasteiger charge is -2.26. The van der Waals surface area contributed by atoms with Gasteiger partial charge >= 0.3 is 0 Å². The topological polar surface area (TPSA) is 20.3 Å². The monoisotopic (exact) mass is 197 g/mol. The normalized spacial score (nSPS) is 24.2. The third-order valence-electron chi connectivity index (χ3n) is 2.03. The molecule has 0 saturated heterocycles. The first-order chi connectivity index (χ1) is 6.20. The molecule has 0 radical (unpaired) electrons. The summed E-state index contributed by atoms with van der Waals surface area (Å²) >= 11 is 0. The van der Waals surface area contributed by atoms with E-state index in [1.165, 1.54) is 0 Å². The third-order valence-corrected chi connectivity index (χ3v) is 3.42. The molecule has 1 heterocycles. The standard InChI is InChI=1S/C10H15NOS/c1-4-6-10-9(5-2)11(3)7-8-13(10)12/h4-6H,2,7-8H2,1,3H3/b6-4-. The quantitative estimate of drug-likeness (QED) is 0.671. The fraction of sp³-hybridized carbons (Fsp3) is 0.400. The second-order valence-corrected chi connectivity index (χ2v) is 4.46. The van der Waals surface area contributed by atoms with Gasteiger partial charge in [-0.3, -0.25) is 4.21 Å². The van der Waals surface area contributed by atoms with E-state index in [9.17, 15) is 4.21 Å². The largest absolute Gasteiger partial charge is 0.373 e. The fourth-order valence-electron chi connectivity index (χ4n) is 1.32. The Bertz CT molecular complexity index is 291. The Hall–Kier alpha value is -0.830. The van der Waals surface area contributed by atoms with Crippen LogP contribution in [0.1, 0.15) is 6.92 Å². The summed E-state index contributed by atoms with van der Waals surface area (Å²) in [5, 5.41) is 0. The van der Waals surface area contributed by atoms with Crippen molar-refractivity contribution in [2.75, 3.05) is 19.3 Å². The van der Waals surface area contributed by atoms with Crippen LogP contribution < -0.4 is 0 Å². The van der Waals surface area contributed by atoms with E-state index in [-0.39, 0.29) is 0 Å². The first-order valence-corrected chi connectivity index (χ1v) is 5.61. The first kappa shape index (κ1) is 10.3. The van der Waals surface area contributed by atoms with Crippen LogP contribution >= 0.6 is 0 Å². The molecule has 0 saturated carbocycles. The Morgan fingerprint density at radius 1 is 1.62 bits per heavy atom. The van der Waals surface area contributed by atoms with Gasteiger partial charge in [0.1, 0.15) is 0 Å². The average Bonchev–Trinajstić information content (AvgIpc) is 2.12. The molecule has 0 amide bonds. The minimum atomic E-state index is -0.849. The molecule has 0 N–H and O–H groups in total. The predicted molar refractivity (Wildman–Crippen MR) is 57.7 cm³/mol. The lowest BCUT2D eigenvalue weighted by molar-refractivity contribution is 0.451. The van der Waals surface area contributed by atoms with E-state index in [0.29, 0.717) is 5.75 Å². The second-order valence-electron chi connectivity index (χ2n) is 2.92. The van der Waals surface area contributed by atoms with E-state index in [4.69, 9.17) is 0 Å². The molecule has 0 aliphatic carbocycles. The Labute approximate surface area is 82.1 Å². The van der Waals surface area contributed by atoms with Crippen LogP contribution in [0.2, 0.25) is 0 Å². The SMILES string of the molecule is C=CC1=C(/C=C\C)S(=O)CCN1C.